The third-order valence-electron chi connectivity index (χ3n) is 6.36. The van der Waals surface area contributed by atoms with E-state index in [1.54, 1.807) is 24.4 Å². The highest BCUT2D eigenvalue weighted by Crippen LogP contribution is 2.41. The van der Waals surface area contributed by atoms with E-state index >= 15 is 0 Å². The Labute approximate surface area is 183 Å². The van der Waals surface area contributed by atoms with Crippen molar-refractivity contribution >= 4 is 12.0 Å². The number of nitrogens with zero attached hydrogens (tertiary/aromatic N) is 3. The summed E-state index contributed by atoms with van der Waals surface area (Å²) in [5.41, 5.74) is 2.99. The minimum Gasteiger partial charge on any atom is -0.447 e. The Hall–Kier alpha value is -2.93. The van der Waals surface area contributed by atoms with E-state index in [1.807, 2.05) is 29.2 Å². The van der Waals surface area contributed by atoms with Gasteiger partial charge < -0.3 is 19.3 Å². The Bertz CT molecular complexity index is 910. The van der Waals surface area contributed by atoms with E-state index in [0.717, 1.165) is 5.56 Å². The molecule has 0 unspecified atom stereocenters. The van der Waals surface area contributed by atoms with Gasteiger partial charge in [-0.2, -0.15) is 0 Å². The summed E-state index contributed by atoms with van der Waals surface area (Å²) in [5, 5.41) is 0. The monoisotopic (exact) mass is 423 g/mol. The minimum absolute atomic E-state index is 0.174. The van der Waals surface area contributed by atoms with E-state index in [2.05, 4.69) is 17.1 Å². The van der Waals surface area contributed by atoms with E-state index in [0.29, 0.717) is 52.0 Å². The van der Waals surface area contributed by atoms with Crippen molar-refractivity contribution in [3.63, 3.8) is 0 Å². The lowest BCUT2D eigenvalue weighted by Gasteiger charge is -2.41. The van der Waals surface area contributed by atoms with Crippen LogP contribution in [0.2, 0.25) is 0 Å². The van der Waals surface area contributed by atoms with Crippen LogP contribution in [0.5, 0.6) is 0 Å². The number of rotatable bonds is 5. The Balaban J connectivity index is 1.53. The number of carbonyl (C=O) groups is 2. The summed E-state index contributed by atoms with van der Waals surface area (Å²) >= 11 is 0. The van der Waals surface area contributed by atoms with Gasteiger partial charge in [0, 0.05) is 45.7 Å². The molecule has 3 heterocycles. The third-order valence-corrected chi connectivity index (χ3v) is 6.36. The standard InChI is InChI=1S/C24H29N3O4/c1-30-14-15-31-23(29)26-12-8-24(9-13-26)16-20-4-2-3-5-21(20)18-27(22(24)28)17-19-6-10-25-11-7-19/h2-7,10-11H,8-9,12-18H2,1H3. The Morgan fingerprint density at radius 1 is 1.06 bits per heavy atom. The van der Waals surface area contributed by atoms with Crippen molar-refractivity contribution in [2.75, 3.05) is 33.4 Å². The molecule has 2 aliphatic rings. The molecule has 1 aromatic heterocycles. The summed E-state index contributed by atoms with van der Waals surface area (Å²) in [5.74, 6) is 0.174. The molecule has 0 N–H and O–H groups in total. The number of piperidine rings is 1. The van der Waals surface area contributed by atoms with E-state index < -0.39 is 5.41 Å². The molecular weight excluding hydrogens is 394 g/mol. The molecule has 0 atom stereocenters. The van der Waals surface area contributed by atoms with E-state index in [-0.39, 0.29) is 18.6 Å². The smallest absolute Gasteiger partial charge is 0.409 e. The second kappa shape index (κ2) is 9.47. The minimum atomic E-state index is -0.497. The molecule has 0 aliphatic carbocycles. The fourth-order valence-corrected chi connectivity index (χ4v) is 4.59. The number of pyridine rings is 1. The van der Waals surface area contributed by atoms with Crippen LogP contribution in [0.4, 0.5) is 4.79 Å². The summed E-state index contributed by atoms with van der Waals surface area (Å²) in [4.78, 5) is 33.9. The zero-order valence-electron chi connectivity index (χ0n) is 18.0. The first-order chi connectivity index (χ1) is 15.1. The van der Waals surface area contributed by atoms with Gasteiger partial charge in [-0.05, 0) is 48.1 Å². The summed E-state index contributed by atoms with van der Waals surface area (Å²) in [7, 11) is 1.58. The average Bonchev–Trinajstić information content (AvgIpc) is 2.90. The number of hydrogen-bond donors (Lipinski definition) is 0. The number of hydrogen-bond acceptors (Lipinski definition) is 5. The zero-order chi connectivity index (χ0) is 21.7. The molecular formula is C24H29N3O4. The van der Waals surface area contributed by atoms with Crippen LogP contribution in [0.25, 0.3) is 0 Å². The lowest BCUT2D eigenvalue weighted by molar-refractivity contribution is -0.145. The van der Waals surface area contributed by atoms with Crippen molar-refractivity contribution in [1.29, 1.82) is 0 Å². The van der Waals surface area contributed by atoms with Gasteiger partial charge in [0.1, 0.15) is 6.61 Å². The van der Waals surface area contributed by atoms with Crippen LogP contribution in [0.15, 0.2) is 48.8 Å². The molecule has 1 spiro atoms. The van der Waals surface area contributed by atoms with Crippen LogP contribution in [-0.4, -0.2) is 60.2 Å². The number of methoxy groups -OCH3 is 1. The first kappa shape index (κ1) is 21.3. The van der Waals surface area contributed by atoms with Gasteiger partial charge in [0.15, 0.2) is 0 Å². The van der Waals surface area contributed by atoms with Gasteiger partial charge in [0.25, 0.3) is 0 Å². The van der Waals surface area contributed by atoms with Gasteiger partial charge in [-0.25, -0.2) is 4.79 Å². The van der Waals surface area contributed by atoms with Crippen molar-refractivity contribution in [3.8, 4) is 0 Å². The Morgan fingerprint density at radius 3 is 2.48 bits per heavy atom. The quantitative estimate of drug-likeness (QED) is 0.692. The maximum atomic E-state index is 13.8. The summed E-state index contributed by atoms with van der Waals surface area (Å²) in [6.45, 7) is 2.81. The first-order valence-electron chi connectivity index (χ1n) is 10.8. The molecule has 0 saturated carbocycles. The molecule has 0 bridgehead atoms. The van der Waals surface area contributed by atoms with Crippen LogP contribution < -0.4 is 0 Å². The maximum Gasteiger partial charge on any atom is 0.409 e. The SMILES string of the molecule is COCCOC(=O)N1CCC2(CC1)Cc1ccccc1CN(Cc1ccncc1)C2=O. The molecule has 0 radical (unpaired) electrons. The Kier molecular flexibility index (Phi) is 6.51. The molecule has 1 fully saturated rings. The number of amides is 2. The van der Waals surface area contributed by atoms with Crippen molar-refractivity contribution in [2.24, 2.45) is 5.41 Å². The lowest BCUT2D eigenvalue weighted by atomic mass is 9.73. The highest BCUT2D eigenvalue weighted by Gasteiger charge is 2.46. The summed E-state index contributed by atoms with van der Waals surface area (Å²) < 4.78 is 10.2. The van der Waals surface area contributed by atoms with Gasteiger partial charge in [-0.1, -0.05) is 24.3 Å². The van der Waals surface area contributed by atoms with Crippen LogP contribution in [-0.2, 0) is 33.8 Å². The van der Waals surface area contributed by atoms with Crippen molar-refractivity contribution in [2.45, 2.75) is 32.4 Å². The molecule has 7 nitrogen and oxygen atoms in total. The largest absolute Gasteiger partial charge is 0.447 e. The molecule has 164 valence electrons. The summed E-state index contributed by atoms with van der Waals surface area (Å²) in [6, 6.07) is 12.2. The topological polar surface area (TPSA) is 72.0 Å². The number of benzene rings is 1. The zero-order valence-corrected chi connectivity index (χ0v) is 18.0. The highest BCUT2D eigenvalue weighted by molar-refractivity contribution is 5.84. The number of ether oxygens (including phenoxy) is 2. The van der Waals surface area contributed by atoms with Crippen LogP contribution in [0.1, 0.15) is 29.5 Å². The van der Waals surface area contributed by atoms with Gasteiger partial charge in [-0.15, -0.1) is 0 Å². The maximum absolute atomic E-state index is 13.8. The molecule has 4 rings (SSSR count). The van der Waals surface area contributed by atoms with E-state index in [9.17, 15) is 9.59 Å². The summed E-state index contributed by atoms with van der Waals surface area (Å²) in [6.07, 6.45) is 5.16. The molecule has 2 aliphatic heterocycles. The van der Waals surface area contributed by atoms with Crippen LogP contribution in [0, 0.1) is 5.41 Å². The normalized spacial score (nSPS) is 17.9. The van der Waals surface area contributed by atoms with Crippen LogP contribution >= 0.6 is 0 Å². The fraction of sp³-hybridized carbons (Fsp3) is 0.458. The molecule has 7 heteroatoms. The van der Waals surface area contributed by atoms with Gasteiger partial charge in [0.05, 0.1) is 12.0 Å². The molecule has 1 aromatic carbocycles. The molecule has 2 aromatic rings. The van der Waals surface area contributed by atoms with Crippen molar-refractivity contribution in [3.05, 3.63) is 65.5 Å². The number of carbonyl (C=O) groups excluding carboxylic acids is 2. The Morgan fingerprint density at radius 2 is 1.77 bits per heavy atom. The fourth-order valence-electron chi connectivity index (χ4n) is 4.59. The average molecular weight is 424 g/mol. The first-order valence-corrected chi connectivity index (χ1v) is 10.8. The lowest BCUT2D eigenvalue weighted by Crippen LogP contribution is -2.51. The van der Waals surface area contributed by atoms with Crippen LogP contribution in [0.3, 0.4) is 0 Å². The van der Waals surface area contributed by atoms with E-state index in [4.69, 9.17) is 9.47 Å². The molecule has 1 saturated heterocycles. The van der Waals surface area contributed by atoms with Gasteiger partial charge in [-0.3, -0.25) is 9.78 Å². The van der Waals surface area contributed by atoms with E-state index in [1.165, 1.54) is 11.1 Å². The molecule has 31 heavy (non-hydrogen) atoms. The second-order valence-electron chi connectivity index (χ2n) is 8.34. The van der Waals surface area contributed by atoms with Gasteiger partial charge in [0.2, 0.25) is 5.91 Å². The predicted molar refractivity (Wildman–Crippen MR) is 115 cm³/mol. The van der Waals surface area contributed by atoms with Gasteiger partial charge >= 0.3 is 6.09 Å². The number of aromatic nitrogens is 1. The van der Waals surface area contributed by atoms with Crippen molar-refractivity contribution < 1.29 is 19.1 Å². The highest BCUT2D eigenvalue weighted by atomic mass is 16.6. The molecule has 2 amide bonds. The number of likely N-dealkylation sites (tertiary alicyclic amines) is 1. The predicted octanol–water partition coefficient (Wildman–Crippen LogP) is 3.03. The van der Waals surface area contributed by atoms with Crippen molar-refractivity contribution in [1.82, 2.24) is 14.8 Å². The second-order valence-corrected chi connectivity index (χ2v) is 8.34. The number of fused-ring (bicyclic) bond motifs is 1. The third kappa shape index (κ3) is 4.71.